The van der Waals surface area contributed by atoms with Gasteiger partial charge in [-0.15, -0.1) is 0 Å². The minimum Gasteiger partial charge on any atom is -0.495 e. The molecule has 3 aromatic carbocycles. The first-order valence-electron chi connectivity index (χ1n) is 12.4. The summed E-state index contributed by atoms with van der Waals surface area (Å²) >= 11 is 6.85. The zero-order valence-electron chi connectivity index (χ0n) is 21.7. The number of benzene rings is 3. The van der Waals surface area contributed by atoms with Crippen LogP contribution in [-0.4, -0.2) is 53.2 Å². The van der Waals surface area contributed by atoms with Crippen molar-refractivity contribution in [1.82, 2.24) is 4.90 Å². The standard InChI is InChI=1S/C29H30ClN3O6/c1-19-6-3-4-7-23(19)31-28(37)32-24-13-8-20(16-25(24)38-2)17-26(34)33-15-5-14-29(33,30)18-39-22-11-9-21(10-12-22)27(35)36/h3-4,6-13,16H,5,14-15,17-18H2,1-2H3,(H,35,36)(H2,31,32,37)/t29-/m1/s1. The third-order valence-corrected chi connectivity index (χ3v) is 7.05. The fourth-order valence-electron chi connectivity index (χ4n) is 4.44. The van der Waals surface area contributed by atoms with Crippen LogP contribution in [0.4, 0.5) is 16.2 Å². The van der Waals surface area contributed by atoms with Crippen LogP contribution in [-0.2, 0) is 11.2 Å². The van der Waals surface area contributed by atoms with Gasteiger partial charge in [-0.3, -0.25) is 4.79 Å². The van der Waals surface area contributed by atoms with E-state index in [1.54, 1.807) is 35.2 Å². The molecule has 0 unspecified atom stereocenters. The van der Waals surface area contributed by atoms with Gasteiger partial charge in [-0.2, -0.15) is 0 Å². The minimum absolute atomic E-state index is 0.0644. The van der Waals surface area contributed by atoms with E-state index in [1.807, 2.05) is 31.2 Å². The summed E-state index contributed by atoms with van der Waals surface area (Å²) in [7, 11) is 1.50. The average molecular weight is 552 g/mol. The number of aromatic carboxylic acids is 1. The number of rotatable bonds is 9. The third kappa shape index (κ3) is 6.80. The number of hydrogen-bond donors (Lipinski definition) is 3. The normalized spacial score (nSPS) is 16.4. The molecular weight excluding hydrogens is 522 g/mol. The number of amides is 3. The first kappa shape index (κ1) is 27.8. The molecule has 39 heavy (non-hydrogen) atoms. The summed E-state index contributed by atoms with van der Waals surface area (Å²) in [5, 5.41) is 14.7. The molecule has 1 fully saturated rings. The number of alkyl halides is 1. The molecule has 0 radical (unpaired) electrons. The van der Waals surface area contributed by atoms with Crippen molar-refractivity contribution in [3.8, 4) is 11.5 Å². The Labute approximate surface area is 231 Å². The molecule has 0 spiro atoms. The summed E-state index contributed by atoms with van der Waals surface area (Å²) in [4.78, 5) is 37.4. The number of halogens is 1. The third-order valence-electron chi connectivity index (χ3n) is 6.55. The molecule has 0 aromatic heterocycles. The zero-order valence-corrected chi connectivity index (χ0v) is 22.5. The first-order valence-corrected chi connectivity index (χ1v) is 12.8. The highest BCUT2D eigenvalue weighted by atomic mass is 35.5. The van der Waals surface area contributed by atoms with Crippen LogP contribution in [0.5, 0.6) is 11.5 Å². The molecule has 3 aromatic rings. The van der Waals surface area contributed by atoms with Gasteiger partial charge in [0.05, 0.1) is 24.8 Å². The van der Waals surface area contributed by atoms with E-state index in [2.05, 4.69) is 10.6 Å². The van der Waals surface area contributed by atoms with Crippen LogP contribution >= 0.6 is 11.6 Å². The van der Waals surface area contributed by atoms with Gasteiger partial charge in [-0.25, -0.2) is 9.59 Å². The number of ether oxygens (including phenoxy) is 2. The number of para-hydroxylation sites is 1. The largest absolute Gasteiger partial charge is 0.495 e. The number of nitrogens with one attached hydrogen (secondary N) is 2. The summed E-state index contributed by atoms with van der Waals surface area (Å²) in [6.07, 6.45) is 1.39. The smallest absolute Gasteiger partial charge is 0.335 e. The number of hydrogen-bond acceptors (Lipinski definition) is 5. The maximum atomic E-state index is 13.3. The van der Waals surface area contributed by atoms with Crippen molar-refractivity contribution in [3.63, 3.8) is 0 Å². The lowest BCUT2D eigenvalue weighted by molar-refractivity contribution is -0.133. The Balaban J connectivity index is 1.38. The SMILES string of the molecule is COc1cc(CC(=O)N2CCC[C@]2(Cl)COc2ccc(C(=O)O)cc2)ccc1NC(=O)Nc1ccccc1C. The van der Waals surface area contributed by atoms with Crippen LogP contribution in [0.2, 0.25) is 0 Å². The minimum atomic E-state index is -1.02. The van der Waals surface area contributed by atoms with E-state index in [9.17, 15) is 14.4 Å². The van der Waals surface area contributed by atoms with Gasteiger partial charge in [0.15, 0.2) is 5.00 Å². The molecule has 3 amide bonds. The number of carboxylic acid groups (broad SMARTS) is 1. The van der Waals surface area contributed by atoms with Crippen molar-refractivity contribution < 1.29 is 29.0 Å². The van der Waals surface area contributed by atoms with E-state index in [0.717, 1.165) is 12.0 Å². The van der Waals surface area contributed by atoms with E-state index < -0.39 is 17.0 Å². The molecule has 10 heteroatoms. The predicted octanol–water partition coefficient (Wildman–Crippen LogP) is 5.52. The van der Waals surface area contributed by atoms with Crippen LogP contribution < -0.4 is 20.1 Å². The summed E-state index contributed by atoms with van der Waals surface area (Å²) in [5.74, 6) is -0.285. The number of anilines is 2. The van der Waals surface area contributed by atoms with Gasteiger partial charge in [0.25, 0.3) is 0 Å². The highest BCUT2D eigenvalue weighted by molar-refractivity contribution is 6.25. The molecule has 1 heterocycles. The van der Waals surface area contributed by atoms with Gasteiger partial charge in [-0.1, -0.05) is 35.9 Å². The van der Waals surface area contributed by atoms with Crippen LogP contribution in [0, 0.1) is 6.92 Å². The second-order valence-corrected chi connectivity index (χ2v) is 9.99. The van der Waals surface area contributed by atoms with Crippen molar-refractivity contribution in [2.45, 2.75) is 31.2 Å². The molecular formula is C29H30ClN3O6. The quantitative estimate of drug-likeness (QED) is 0.238. The Hall–Kier alpha value is -4.24. The molecule has 0 aliphatic carbocycles. The molecule has 4 rings (SSSR count). The Morgan fingerprint density at radius 3 is 2.44 bits per heavy atom. The zero-order chi connectivity index (χ0) is 28.0. The van der Waals surface area contributed by atoms with E-state index in [0.29, 0.717) is 41.4 Å². The Kier molecular flexibility index (Phi) is 8.61. The second-order valence-electron chi connectivity index (χ2n) is 9.29. The number of methoxy groups -OCH3 is 1. The van der Waals surface area contributed by atoms with E-state index in [1.165, 1.54) is 19.2 Å². The van der Waals surface area contributed by atoms with Gasteiger partial charge in [0, 0.05) is 12.2 Å². The van der Waals surface area contributed by atoms with Crippen molar-refractivity contribution in [2.24, 2.45) is 0 Å². The van der Waals surface area contributed by atoms with E-state index in [-0.39, 0.29) is 24.5 Å². The lowest BCUT2D eigenvalue weighted by atomic mass is 10.1. The molecule has 1 saturated heterocycles. The fourth-order valence-corrected chi connectivity index (χ4v) is 4.80. The van der Waals surface area contributed by atoms with Crippen molar-refractivity contribution in [2.75, 3.05) is 30.9 Å². The lowest BCUT2D eigenvalue weighted by Crippen LogP contribution is -2.47. The number of carboxylic acids is 1. The Bertz CT molecular complexity index is 1360. The maximum absolute atomic E-state index is 13.3. The van der Waals surface area contributed by atoms with Gasteiger partial charge in [0.2, 0.25) is 5.91 Å². The first-order chi connectivity index (χ1) is 18.7. The van der Waals surface area contributed by atoms with E-state index in [4.69, 9.17) is 26.2 Å². The number of likely N-dealkylation sites (tertiary alicyclic amines) is 1. The summed E-state index contributed by atoms with van der Waals surface area (Å²) in [5.41, 5.74) is 2.97. The average Bonchev–Trinajstić information content (AvgIpc) is 3.31. The number of carbonyl (C=O) groups excluding carboxylic acids is 2. The highest BCUT2D eigenvalue weighted by Gasteiger charge is 2.42. The number of nitrogens with zero attached hydrogens (tertiary/aromatic N) is 1. The second kappa shape index (κ2) is 12.1. The number of aryl methyl sites for hydroxylation is 1. The maximum Gasteiger partial charge on any atom is 0.335 e. The molecule has 204 valence electrons. The topological polar surface area (TPSA) is 117 Å². The Morgan fingerprint density at radius 2 is 1.74 bits per heavy atom. The monoisotopic (exact) mass is 551 g/mol. The van der Waals surface area contributed by atoms with Crippen LogP contribution in [0.1, 0.15) is 34.3 Å². The lowest BCUT2D eigenvalue weighted by Gasteiger charge is -2.33. The summed E-state index contributed by atoms with van der Waals surface area (Å²) in [6.45, 7) is 2.47. The molecule has 0 bridgehead atoms. The van der Waals surface area contributed by atoms with Crippen molar-refractivity contribution >= 4 is 40.9 Å². The molecule has 1 atom stereocenters. The molecule has 0 saturated carbocycles. The fraction of sp³-hybridized carbons (Fsp3) is 0.276. The van der Waals surface area contributed by atoms with Gasteiger partial charge >= 0.3 is 12.0 Å². The number of carbonyl (C=O) groups is 3. The van der Waals surface area contributed by atoms with Gasteiger partial charge < -0.3 is 30.1 Å². The Morgan fingerprint density at radius 1 is 1.03 bits per heavy atom. The summed E-state index contributed by atoms with van der Waals surface area (Å²) in [6, 6.07) is 18.3. The highest BCUT2D eigenvalue weighted by Crippen LogP contribution is 2.35. The van der Waals surface area contributed by atoms with Crippen LogP contribution in [0.25, 0.3) is 0 Å². The van der Waals surface area contributed by atoms with Crippen LogP contribution in [0.3, 0.4) is 0 Å². The van der Waals surface area contributed by atoms with Crippen molar-refractivity contribution in [1.29, 1.82) is 0 Å². The summed E-state index contributed by atoms with van der Waals surface area (Å²) < 4.78 is 11.3. The van der Waals surface area contributed by atoms with Crippen LogP contribution in [0.15, 0.2) is 66.7 Å². The van der Waals surface area contributed by atoms with Gasteiger partial charge in [0.1, 0.15) is 18.1 Å². The van der Waals surface area contributed by atoms with Crippen molar-refractivity contribution in [3.05, 3.63) is 83.4 Å². The van der Waals surface area contributed by atoms with Gasteiger partial charge in [-0.05, 0) is 73.4 Å². The molecule has 9 nitrogen and oxygen atoms in total. The molecule has 3 N–H and O–H groups in total. The predicted molar refractivity (Wildman–Crippen MR) is 149 cm³/mol. The molecule has 1 aliphatic rings. The molecule has 1 aliphatic heterocycles. The van der Waals surface area contributed by atoms with E-state index >= 15 is 0 Å². The number of urea groups is 1.